The first-order valence-corrected chi connectivity index (χ1v) is 14.5. The van der Waals surface area contributed by atoms with Crippen LogP contribution >= 0.6 is 11.6 Å². The van der Waals surface area contributed by atoms with Gasteiger partial charge in [0.1, 0.15) is 17.0 Å². The number of hydrogen-bond donors (Lipinski definition) is 1. The second kappa shape index (κ2) is 11.9. The summed E-state index contributed by atoms with van der Waals surface area (Å²) in [4.78, 5) is 21.7. The minimum Gasteiger partial charge on any atom is -0.308 e. The fourth-order valence-electron chi connectivity index (χ4n) is 4.20. The number of aryl methyl sites for hydroxylation is 3. The average molecular weight is 539 g/mol. The third-order valence-corrected chi connectivity index (χ3v) is 7.95. The number of benzene rings is 2. The molecule has 4 aromatic rings. The summed E-state index contributed by atoms with van der Waals surface area (Å²) in [5.74, 6) is -0.118. The van der Waals surface area contributed by atoms with Crippen molar-refractivity contribution in [3.63, 3.8) is 0 Å². The normalized spacial score (nSPS) is 11.6. The van der Waals surface area contributed by atoms with Crippen LogP contribution in [-0.2, 0) is 29.4 Å². The molecule has 0 radical (unpaired) electrons. The maximum atomic E-state index is 12.7. The summed E-state index contributed by atoms with van der Waals surface area (Å²) in [6.45, 7) is 4.28. The van der Waals surface area contributed by atoms with Crippen LogP contribution in [0.3, 0.4) is 0 Å². The number of halogens is 1. The summed E-state index contributed by atoms with van der Waals surface area (Å²) in [7, 11) is -3.72. The molecule has 0 aliphatic heterocycles. The Morgan fingerprint density at radius 2 is 1.73 bits per heavy atom. The second-order valence-corrected chi connectivity index (χ2v) is 11.4. The van der Waals surface area contributed by atoms with Crippen molar-refractivity contribution < 1.29 is 13.2 Å². The number of nitrogens with zero attached hydrogens (tertiary/aromatic N) is 3. The lowest BCUT2D eigenvalue weighted by atomic mass is 10.0. The topological polar surface area (TPSA) is 94.0 Å². The molecule has 0 aliphatic carbocycles. The molecule has 0 fully saturated rings. The van der Waals surface area contributed by atoms with Crippen molar-refractivity contribution in [3.8, 4) is 0 Å². The highest BCUT2D eigenvalue weighted by atomic mass is 35.5. The van der Waals surface area contributed by atoms with Crippen molar-refractivity contribution >= 4 is 38.7 Å². The highest BCUT2D eigenvalue weighted by molar-refractivity contribution is 7.90. The number of hydrogen-bond acceptors (Lipinski definition) is 5. The van der Waals surface area contributed by atoms with Crippen molar-refractivity contribution in [2.24, 2.45) is 0 Å². The maximum absolute atomic E-state index is 12.7. The van der Waals surface area contributed by atoms with Crippen LogP contribution < -0.4 is 4.72 Å². The van der Waals surface area contributed by atoms with Crippen LogP contribution in [0.5, 0.6) is 0 Å². The molecule has 0 aliphatic rings. The van der Waals surface area contributed by atoms with Crippen LogP contribution in [0.25, 0.3) is 11.2 Å². The van der Waals surface area contributed by atoms with Gasteiger partial charge in [0.15, 0.2) is 5.65 Å². The summed E-state index contributed by atoms with van der Waals surface area (Å²) in [6, 6.07) is 19.6. The molecule has 194 valence electrons. The number of aromatic nitrogens is 3. The zero-order valence-corrected chi connectivity index (χ0v) is 22.6. The Hall–Kier alpha value is -3.23. The zero-order chi connectivity index (χ0) is 26.4. The van der Waals surface area contributed by atoms with Crippen molar-refractivity contribution in [1.82, 2.24) is 19.3 Å². The average Bonchev–Trinajstić information content (AvgIpc) is 3.18. The highest BCUT2D eigenvalue weighted by Crippen LogP contribution is 2.23. The molecule has 2 aromatic heterocycles. The van der Waals surface area contributed by atoms with E-state index in [2.05, 4.69) is 32.9 Å². The largest absolute Gasteiger partial charge is 0.308 e. The molecule has 0 saturated heterocycles. The smallest absolute Gasteiger partial charge is 0.283 e. The van der Waals surface area contributed by atoms with Gasteiger partial charge in [0.05, 0.1) is 12.3 Å². The summed E-state index contributed by atoms with van der Waals surface area (Å²) < 4.78 is 28.5. The summed E-state index contributed by atoms with van der Waals surface area (Å²) in [5.41, 5.74) is 4.48. The Bertz CT molecular complexity index is 1500. The van der Waals surface area contributed by atoms with E-state index >= 15 is 0 Å². The van der Waals surface area contributed by atoms with Gasteiger partial charge < -0.3 is 4.57 Å². The van der Waals surface area contributed by atoms with E-state index < -0.39 is 15.9 Å². The lowest BCUT2D eigenvalue weighted by molar-refractivity contribution is 0.0977. The minimum absolute atomic E-state index is 0.0232. The standard InChI is InChI=1S/C28H31ClN4O3S/c1-3-4-8-17-37(35,36)32-28(34)26-16-15-25-27(31-26)33(20(2)30-25)19-23-14-13-22(18-24(23)29)12-11-21-9-6-5-7-10-21/h5-7,9-10,13-16,18H,3-4,8,11-12,17,19H2,1-2H3,(H,32,34). The van der Waals surface area contributed by atoms with Gasteiger partial charge in [0.25, 0.3) is 5.91 Å². The van der Waals surface area contributed by atoms with E-state index in [0.29, 0.717) is 29.2 Å². The fraction of sp³-hybridized carbons (Fsp3) is 0.321. The molecule has 37 heavy (non-hydrogen) atoms. The Kier molecular flexibility index (Phi) is 8.61. The molecule has 2 aromatic carbocycles. The van der Waals surface area contributed by atoms with Crippen molar-refractivity contribution in [2.75, 3.05) is 5.75 Å². The van der Waals surface area contributed by atoms with Gasteiger partial charge in [-0.15, -0.1) is 0 Å². The quantitative estimate of drug-likeness (QED) is 0.255. The summed E-state index contributed by atoms with van der Waals surface area (Å²) >= 11 is 6.65. The molecule has 2 heterocycles. The van der Waals surface area contributed by atoms with Crippen LogP contribution in [0, 0.1) is 6.92 Å². The predicted molar refractivity (Wildman–Crippen MR) is 147 cm³/mol. The first-order chi connectivity index (χ1) is 17.8. The highest BCUT2D eigenvalue weighted by Gasteiger charge is 2.19. The molecule has 0 unspecified atom stereocenters. The van der Waals surface area contributed by atoms with Gasteiger partial charge in [-0.25, -0.2) is 23.1 Å². The van der Waals surface area contributed by atoms with E-state index in [4.69, 9.17) is 11.6 Å². The number of imidazole rings is 1. The van der Waals surface area contributed by atoms with Gasteiger partial charge in [-0.05, 0) is 61.1 Å². The maximum Gasteiger partial charge on any atom is 0.283 e. The number of fused-ring (bicyclic) bond motifs is 1. The van der Waals surface area contributed by atoms with Crippen LogP contribution in [0.4, 0.5) is 0 Å². The minimum atomic E-state index is -3.72. The Balaban J connectivity index is 1.51. The van der Waals surface area contributed by atoms with Crippen LogP contribution in [0.15, 0.2) is 60.7 Å². The van der Waals surface area contributed by atoms with Gasteiger partial charge >= 0.3 is 0 Å². The van der Waals surface area contributed by atoms with Crippen molar-refractivity contribution in [1.29, 1.82) is 0 Å². The van der Waals surface area contributed by atoms with Crippen molar-refractivity contribution in [2.45, 2.75) is 52.5 Å². The number of unbranched alkanes of at least 4 members (excludes halogenated alkanes) is 2. The summed E-state index contributed by atoms with van der Waals surface area (Å²) in [6.07, 6.45) is 4.01. The van der Waals surface area contributed by atoms with Gasteiger partial charge in [0.2, 0.25) is 10.0 Å². The molecular formula is C28H31ClN4O3S. The Labute approximate surface area is 223 Å². The Morgan fingerprint density at radius 3 is 2.46 bits per heavy atom. The molecule has 1 N–H and O–H groups in total. The third-order valence-electron chi connectivity index (χ3n) is 6.27. The van der Waals surface area contributed by atoms with E-state index in [-0.39, 0.29) is 11.4 Å². The van der Waals surface area contributed by atoms with Crippen LogP contribution in [0.1, 0.15) is 59.2 Å². The van der Waals surface area contributed by atoms with Gasteiger partial charge in [-0.1, -0.05) is 73.8 Å². The third kappa shape index (κ3) is 6.96. The van der Waals surface area contributed by atoms with E-state index in [0.717, 1.165) is 42.6 Å². The SMILES string of the molecule is CCCCCS(=O)(=O)NC(=O)c1ccc2nc(C)n(Cc3ccc(CCc4ccccc4)cc3Cl)c2n1. The molecular weight excluding hydrogens is 508 g/mol. The van der Waals surface area contributed by atoms with E-state index in [1.54, 1.807) is 6.07 Å². The van der Waals surface area contributed by atoms with Crippen molar-refractivity contribution in [3.05, 3.63) is 93.9 Å². The second-order valence-electron chi connectivity index (χ2n) is 9.15. The molecule has 1 amide bonds. The monoisotopic (exact) mass is 538 g/mol. The summed E-state index contributed by atoms with van der Waals surface area (Å²) in [5, 5.41) is 0.652. The first kappa shape index (κ1) is 26.8. The Morgan fingerprint density at radius 1 is 0.973 bits per heavy atom. The number of carbonyl (C=O) groups excluding carboxylic acids is 1. The molecule has 4 rings (SSSR count). The number of sulfonamides is 1. The predicted octanol–water partition coefficient (Wildman–Crippen LogP) is 5.48. The van der Waals surface area contributed by atoms with Gasteiger partial charge in [-0.2, -0.15) is 0 Å². The van der Waals surface area contributed by atoms with Crippen LogP contribution in [-0.4, -0.2) is 34.6 Å². The fourth-order valence-corrected chi connectivity index (χ4v) is 5.53. The molecule has 0 spiro atoms. The number of amides is 1. The van der Waals surface area contributed by atoms with E-state index in [1.165, 1.54) is 11.6 Å². The number of carbonyl (C=O) groups is 1. The van der Waals surface area contributed by atoms with Crippen LogP contribution in [0.2, 0.25) is 5.02 Å². The molecule has 0 saturated carbocycles. The van der Waals surface area contributed by atoms with E-state index in [9.17, 15) is 13.2 Å². The number of pyridine rings is 1. The molecule has 7 nitrogen and oxygen atoms in total. The number of nitrogens with one attached hydrogen (secondary N) is 1. The van der Waals surface area contributed by atoms with Gasteiger partial charge in [0, 0.05) is 5.02 Å². The molecule has 9 heteroatoms. The lowest BCUT2D eigenvalue weighted by Gasteiger charge is -2.11. The zero-order valence-electron chi connectivity index (χ0n) is 21.1. The molecule has 0 bridgehead atoms. The van der Waals surface area contributed by atoms with Gasteiger partial charge in [-0.3, -0.25) is 4.79 Å². The van der Waals surface area contributed by atoms with E-state index in [1.807, 2.05) is 48.7 Å². The lowest BCUT2D eigenvalue weighted by Crippen LogP contribution is -2.33. The number of rotatable bonds is 11. The first-order valence-electron chi connectivity index (χ1n) is 12.5. The molecule has 0 atom stereocenters.